The van der Waals surface area contributed by atoms with Gasteiger partial charge in [0.25, 0.3) is 0 Å². The average molecular weight is 457 g/mol. The Labute approximate surface area is 202 Å². The molecule has 0 aromatic carbocycles. The van der Waals surface area contributed by atoms with Crippen molar-refractivity contribution in [2.75, 3.05) is 0 Å². The molecule has 4 aliphatic carbocycles. The third kappa shape index (κ3) is 3.58. The van der Waals surface area contributed by atoms with Crippen LogP contribution in [0.1, 0.15) is 106 Å². The van der Waals surface area contributed by atoms with E-state index in [1.807, 2.05) is 0 Å². The molecule has 0 saturated heterocycles. The molecule has 3 heteroatoms. The van der Waals surface area contributed by atoms with Crippen LogP contribution < -0.4 is 0 Å². The van der Waals surface area contributed by atoms with Gasteiger partial charge in [-0.1, -0.05) is 57.9 Å². The van der Waals surface area contributed by atoms with Gasteiger partial charge in [0.05, 0.1) is 12.0 Å². The molecule has 2 N–H and O–H groups in total. The molecule has 186 valence electrons. The minimum Gasteiger partial charge on any atom is -0.481 e. The number of aliphatic hydroxyl groups is 1. The molecule has 0 spiro atoms. The molecule has 0 aromatic heterocycles. The smallest absolute Gasteiger partial charge is 0.306 e. The largest absolute Gasteiger partial charge is 0.481 e. The van der Waals surface area contributed by atoms with Crippen molar-refractivity contribution in [3.63, 3.8) is 0 Å². The number of carboxylic acids is 1. The molecule has 1 unspecified atom stereocenters. The molecule has 0 heterocycles. The summed E-state index contributed by atoms with van der Waals surface area (Å²) in [5.41, 5.74) is 3.27. The van der Waals surface area contributed by atoms with Gasteiger partial charge in [-0.2, -0.15) is 0 Å². The van der Waals surface area contributed by atoms with Crippen molar-refractivity contribution in [2.45, 2.75) is 112 Å². The lowest BCUT2D eigenvalue weighted by Crippen LogP contribution is -2.58. The molecule has 0 aromatic rings. The van der Waals surface area contributed by atoms with Gasteiger partial charge in [0.15, 0.2) is 0 Å². The van der Waals surface area contributed by atoms with E-state index in [0.717, 1.165) is 51.4 Å². The van der Waals surface area contributed by atoms with E-state index in [4.69, 9.17) is 0 Å². The van der Waals surface area contributed by atoms with Crippen LogP contribution in [0.3, 0.4) is 0 Å². The molecule has 0 bridgehead atoms. The molecule has 3 fully saturated rings. The third-order valence-electron chi connectivity index (χ3n) is 11.7. The number of fused-ring (bicyclic) bond motifs is 5. The Morgan fingerprint density at radius 3 is 2.42 bits per heavy atom. The van der Waals surface area contributed by atoms with E-state index in [1.54, 1.807) is 5.57 Å². The molecule has 33 heavy (non-hydrogen) atoms. The Morgan fingerprint density at radius 2 is 1.79 bits per heavy atom. The highest BCUT2D eigenvalue weighted by Gasteiger charge is 2.65. The lowest BCUT2D eigenvalue weighted by Gasteiger charge is -2.64. The molecule has 0 aliphatic heterocycles. The molecule has 3 saturated carbocycles. The highest BCUT2D eigenvalue weighted by Crippen LogP contribution is 2.73. The number of rotatable bonds is 5. The van der Waals surface area contributed by atoms with Gasteiger partial charge < -0.3 is 10.2 Å². The van der Waals surface area contributed by atoms with Gasteiger partial charge in [0.1, 0.15) is 0 Å². The summed E-state index contributed by atoms with van der Waals surface area (Å²) in [6.45, 7) is 16.2. The first kappa shape index (κ1) is 25.0. The number of carbonyl (C=O) groups is 1. The fourth-order valence-corrected chi connectivity index (χ4v) is 9.43. The van der Waals surface area contributed by atoms with Gasteiger partial charge in [-0.05, 0) is 111 Å². The van der Waals surface area contributed by atoms with Crippen LogP contribution in [0.5, 0.6) is 0 Å². The summed E-state index contributed by atoms with van der Waals surface area (Å²) >= 11 is 0. The van der Waals surface area contributed by atoms with Gasteiger partial charge in [-0.25, -0.2) is 0 Å². The Bertz CT molecular complexity index is 849. The minimum absolute atomic E-state index is 0.0474. The van der Waals surface area contributed by atoms with Crippen molar-refractivity contribution < 1.29 is 15.0 Å². The Balaban J connectivity index is 1.67. The van der Waals surface area contributed by atoms with Crippen LogP contribution in [0.2, 0.25) is 0 Å². The van der Waals surface area contributed by atoms with E-state index in [2.05, 4.69) is 60.6 Å². The zero-order valence-electron chi connectivity index (χ0n) is 22.2. The first-order chi connectivity index (χ1) is 15.3. The van der Waals surface area contributed by atoms with Crippen LogP contribution in [0.15, 0.2) is 23.3 Å². The predicted molar refractivity (Wildman–Crippen MR) is 135 cm³/mol. The third-order valence-corrected chi connectivity index (χ3v) is 11.7. The highest BCUT2D eigenvalue weighted by molar-refractivity contribution is 5.70. The van der Waals surface area contributed by atoms with E-state index in [9.17, 15) is 15.0 Å². The standard InChI is InChI=1S/C30H48O3/c1-19(2)9-8-10-20(26(32)33)21-13-17-30(7)23-11-12-24-27(3,4)25(31)15-16-28(24,5)22(23)14-18-29(21,30)6/h9,11,20-22,24-25,31H,8,10,12-18H2,1-7H3,(H,32,33)/t20-,21-,22-,24-,25?,28+,29-,30+/m0/s1. The first-order valence-electron chi connectivity index (χ1n) is 13.5. The van der Waals surface area contributed by atoms with Gasteiger partial charge in [-0.3, -0.25) is 4.79 Å². The molecule has 3 nitrogen and oxygen atoms in total. The number of carboxylic acid groups (broad SMARTS) is 1. The summed E-state index contributed by atoms with van der Waals surface area (Å²) in [5.74, 6) is 0.502. The fraction of sp³-hybridized carbons (Fsp3) is 0.833. The van der Waals surface area contributed by atoms with Crippen molar-refractivity contribution in [3.05, 3.63) is 23.3 Å². The van der Waals surface area contributed by atoms with Gasteiger partial charge in [0.2, 0.25) is 0 Å². The molecular weight excluding hydrogens is 408 g/mol. The van der Waals surface area contributed by atoms with E-state index in [0.29, 0.717) is 11.8 Å². The summed E-state index contributed by atoms with van der Waals surface area (Å²) in [6.07, 6.45) is 13.7. The van der Waals surface area contributed by atoms with Crippen LogP contribution in [0.4, 0.5) is 0 Å². The summed E-state index contributed by atoms with van der Waals surface area (Å²) < 4.78 is 0. The second-order valence-electron chi connectivity index (χ2n) is 13.6. The lowest BCUT2D eigenvalue weighted by atomic mass is 9.41. The van der Waals surface area contributed by atoms with Crippen molar-refractivity contribution in [1.82, 2.24) is 0 Å². The van der Waals surface area contributed by atoms with Crippen molar-refractivity contribution in [1.29, 1.82) is 0 Å². The predicted octanol–water partition coefficient (Wildman–Crippen LogP) is 7.40. The monoisotopic (exact) mass is 456 g/mol. The molecule has 0 radical (unpaired) electrons. The van der Waals surface area contributed by atoms with Gasteiger partial charge >= 0.3 is 5.97 Å². The molecule has 8 atom stereocenters. The SMILES string of the molecule is CC(C)=CCC[C@H](C(=O)O)[C@@H]1CC[C@]2(C)C3=CC[C@H]4C(C)(C)C(O)CC[C@]4(C)[C@H]3CC[C@@]12C. The van der Waals surface area contributed by atoms with E-state index in [-0.39, 0.29) is 39.6 Å². The van der Waals surface area contributed by atoms with Crippen LogP contribution in [-0.2, 0) is 4.79 Å². The van der Waals surface area contributed by atoms with Crippen LogP contribution in [-0.4, -0.2) is 22.3 Å². The zero-order chi connectivity index (χ0) is 24.4. The van der Waals surface area contributed by atoms with Crippen molar-refractivity contribution in [3.8, 4) is 0 Å². The topological polar surface area (TPSA) is 57.5 Å². The van der Waals surface area contributed by atoms with E-state index < -0.39 is 5.97 Å². The minimum atomic E-state index is -0.595. The molecule has 4 rings (SSSR count). The number of hydrogen-bond donors (Lipinski definition) is 2. The zero-order valence-corrected chi connectivity index (χ0v) is 22.2. The second kappa shape index (κ2) is 8.25. The summed E-state index contributed by atoms with van der Waals surface area (Å²) in [5, 5.41) is 21.0. The molecular formula is C30H48O3. The molecule has 0 amide bonds. The van der Waals surface area contributed by atoms with Crippen LogP contribution >= 0.6 is 0 Å². The van der Waals surface area contributed by atoms with Crippen molar-refractivity contribution in [2.24, 2.45) is 45.3 Å². The quantitative estimate of drug-likeness (QED) is 0.424. The number of allylic oxidation sites excluding steroid dienone is 4. The number of aliphatic carboxylic acids is 1. The van der Waals surface area contributed by atoms with Crippen LogP contribution in [0, 0.1) is 45.3 Å². The Kier molecular flexibility index (Phi) is 6.25. The second-order valence-corrected chi connectivity index (χ2v) is 13.6. The maximum absolute atomic E-state index is 12.4. The first-order valence-corrected chi connectivity index (χ1v) is 13.5. The fourth-order valence-electron chi connectivity index (χ4n) is 9.43. The maximum atomic E-state index is 12.4. The lowest BCUT2D eigenvalue weighted by molar-refractivity contribution is -0.149. The highest BCUT2D eigenvalue weighted by atomic mass is 16.4. The summed E-state index contributed by atoms with van der Waals surface area (Å²) in [6, 6.07) is 0. The molecule has 4 aliphatic rings. The van der Waals surface area contributed by atoms with Gasteiger partial charge in [0, 0.05) is 0 Å². The number of aliphatic hydroxyl groups excluding tert-OH is 1. The Morgan fingerprint density at radius 1 is 1.09 bits per heavy atom. The van der Waals surface area contributed by atoms with Gasteiger partial charge in [-0.15, -0.1) is 0 Å². The van der Waals surface area contributed by atoms with Crippen molar-refractivity contribution >= 4 is 5.97 Å². The van der Waals surface area contributed by atoms with E-state index >= 15 is 0 Å². The van der Waals surface area contributed by atoms with E-state index in [1.165, 1.54) is 12.0 Å². The maximum Gasteiger partial charge on any atom is 0.306 e. The Hall–Kier alpha value is -1.09. The summed E-state index contributed by atoms with van der Waals surface area (Å²) in [7, 11) is 0. The van der Waals surface area contributed by atoms with Crippen LogP contribution in [0.25, 0.3) is 0 Å². The normalized spacial score (nSPS) is 44.7. The average Bonchev–Trinajstić information content (AvgIpc) is 3.00. The number of hydrogen-bond acceptors (Lipinski definition) is 2. The summed E-state index contributed by atoms with van der Waals surface area (Å²) in [4.78, 5) is 12.4.